The number of pyridine rings is 1. The number of nitrogens with two attached hydrogens (primary N) is 1. The van der Waals surface area contributed by atoms with E-state index in [1.165, 1.54) is 6.20 Å². The Morgan fingerprint density at radius 1 is 1.28 bits per heavy atom. The lowest BCUT2D eigenvalue weighted by Gasteiger charge is -2.07. The largest absolute Gasteiger partial charge is 0.476 e. The molecular formula is C12H12N4OS. The molecule has 0 aliphatic heterocycles. The van der Waals surface area contributed by atoms with Crippen LogP contribution in [0.1, 0.15) is 11.3 Å². The van der Waals surface area contributed by atoms with E-state index in [1.54, 1.807) is 12.3 Å². The van der Waals surface area contributed by atoms with Crippen molar-refractivity contribution in [3.05, 3.63) is 47.9 Å². The van der Waals surface area contributed by atoms with Crippen molar-refractivity contribution >= 4 is 17.2 Å². The van der Waals surface area contributed by atoms with Crippen molar-refractivity contribution in [2.24, 2.45) is 5.73 Å². The third-order valence-corrected chi connectivity index (χ3v) is 2.50. The number of aromatic nitrogens is 3. The van der Waals surface area contributed by atoms with Crippen LogP contribution in [0.15, 0.2) is 36.7 Å². The first-order valence-corrected chi connectivity index (χ1v) is 5.82. The fourth-order valence-corrected chi connectivity index (χ4v) is 1.57. The van der Waals surface area contributed by atoms with Gasteiger partial charge in [0.15, 0.2) is 0 Å². The zero-order chi connectivity index (χ0) is 12.8. The first-order valence-electron chi connectivity index (χ1n) is 5.41. The second-order valence-electron chi connectivity index (χ2n) is 3.53. The van der Waals surface area contributed by atoms with Crippen LogP contribution in [0, 0.1) is 0 Å². The van der Waals surface area contributed by atoms with Crippen LogP contribution in [0.3, 0.4) is 0 Å². The van der Waals surface area contributed by atoms with E-state index in [2.05, 4.69) is 15.2 Å². The summed E-state index contributed by atoms with van der Waals surface area (Å²) in [5.74, 6) is 0.362. The molecule has 0 aliphatic carbocycles. The fourth-order valence-electron chi connectivity index (χ4n) is 1.41. The van der Waals surface area contributed by atoms with Crippen LogP contribution in [-0.4, -0.2) is 26.8 Å². The molecule has 2 rings (SSSR count). The van der Waals surface area contributed by atoms with E-state index < -0.39 is 0 Å². The molecule has 0 aliphatic rings. The Balaban J connectivity index is 1.97. The first kappa shape index (κ1) is 12.4. The number of hydrogen-bond acceptors (Lipinski definition) is 5. The highest BCUT2D eigenvalue weighted by Gasteiger charge is 2.07. The van der Waals surface area contributed by atoms with E-state index in [4.69, 9.17) is 22.7 Å². The Labute approximate surface area is 110 Å². The van der Waals surface area contributed by atoms with Crippen molar-refractivity contribution in [2.45, 2.75) is 6.42 Å². The Bertz CT molecular complexity index is 533. The smallest absolute Gasteiger partial charge is 0.243 e. The van der Waals surface area contributed by atoms with Gasteiger partial charge < -0.3 is 10.5 Å². The highest BCUT2D eigenvalue weighted by molar-refractivity contribution is 7.80. The van der Waals surface area contributed by atoms with Crippen LogP contribution in [0.25, 0.3) is 0 Å². The fraction of sp³-hybridized carbons (Fsp3) is 0.167. The number of hydrogen-bond donors (Lipinski definition) is 1. The summed E-state index contributed by atoms with van der Waals surface area (Å²) in [7, 11) is 0. The highest BCUT2D eigenvalue weighted by Crippen LogP contribution is 2.12. The lowest BCUT2D eigenvalue weighted by atomic mass is 10.3. The minimum absolute atomic E-state index is 0.248. The molecule has 0 bridgehead atoms. The second-order valence-corrected chi connectivity index (χ2v) is 3.97. The van der Waals surface area contributed by atoms with Crippen molar-refractivity contribution in [2.75, 3.05) is 6.61 Å². The molecule has 0 aromatic carbocycles. The summed E-state index contributed by atoms with van der Waals surface area (Å²) in [5.41, 5.74) is 7.12. The van der Waals surface area contributed by atoms with E-state index in [0.29, 0.717) is 24.5 Å². The van der Waals surface area contributed by atoms with Crippen molar-refractivity contribution in [3.63, 3.8) is 0 Å². The molecule has 2 aromatic heterocycles. The average molecular weight is 260 g/mol. The van der Waals surface area contributed by atoms with Gasteiger partial charge in [-0.3, -0.25) is 4.98 Å². The number of thiocarbonyl (C=S) groups is 1. The summed E-state index contributed by atoms with van der Waals surface area (Å²) in [5, 5.41) is 7.62. The molecule has 2 aromatic rings. The van der Waals surface area contributed by atoms with Gasteiger partial charge in [-0.1, -0.05) is 18.3 Å². The van der Waals surface area contributed by atoms with Crippen molar-refractivity contribution < 1.29 is 4.74 Å². The molecule has 2 heterocycles. The normalized spacial score (nSPS) is 10.0. The monoisotopic (exact) mass is 260 g/mol. The van der Waals surface area contributed by atoms with Gasteiger partial charge in [0.25, 0.3) is 0 Å². The summed E-state index contributed by atoms with van der Waals surface area (Å²) < 4.78 is 5.52. The molecule has 0 radical (unpaired) electrons. The summed E-state index contributed by atoms with van der Waals surface area (Å²) in [6.45, 7) is 0.450. The maximum Gasteiger partial charge on any atom is 0.243 e. The lowest BCUT2D eigenvalue weighted by molar-refractivity contribution is 0.304. The quantitative estimate of drug-likeness (QED) is 0.812. The van der Waals surface area contributed by atoms with Gasteiger partial charge >= 0.3 is 0 Å². The highest BCUT2D eigenvalue weighted by atomic mass is 32.1. The molecule has 0 amide bonds. The van der Waals surface area contributed by atoms with Crippen LogP contribution >= 0.6 is 12.2 Å². The SMILES string of the molecule is NC(=S)c1ccnnc1OCCc1ccccn1. The van der Waals surface area contributed by atoms with E-state index in [0.717, 1.165) is 5.69 Å². The number of ether oxygens (including phenoxy) is 1. The molecule has 6 heteroatoms. The van der Waals surface area contributed by atoms with Crippen LogP contribution < -0.4 is 10.5 Å². The molecule has 5 nitrogen and oxygen atoms in total. The zero-order valence-electron chi connectivity index (χ0n) is 9.61. The molecule has 0 fully saturated rings. The summed E-state index contributed by atoms with van der Waals surface area (Å²) >= 11 is 4.91. The molecule has 92 valence electrons. The third kappa shape index (κ3) is 3.21. The predicted molar refractivity (Wildman–Crippen MR) is 71.4 cm³/mol. The third-order valence-electron chi connectivity index (χ3n) is 2.28. The molecule has 0 saturated carbocycles. The van der Waals surface area contributed by atoms with Crippen LogP contribution in [0.2, 0.25) is 0 Å². The van der Waals surface area contributed by atoms with Crippen LogP contribution in [0.5, 0.6) is 5.88 Å². The van der Waals surface area contributed by atoms with E-state index in [-0.39, 0.29) is 4.99 Å². The van der Waals surface area contributed by atoms with Gasteiger partial charge in [0.05, 0.1) is 18.4 Å². The minimum Gasteiger partial charge on any atom is -0.476 e. The average Bonchev–Trinajstić information content (AvgIpc) is 2.40. The molecule has 18 heavy (non-hydrogen) atoms. The van der Waals surface area contributed by atoms with E-state index in [1.807, 2.05) is 18.2 Å². The van der Waals surface area contributed by atoms with Gasteiger partial charge in [-0.2, -0.15) is 5.10 Å². The summed E-state index contributed by atoms with van der Waals surface area (Å²) in [4.78, 5) is 4.45. The second kappa shape index (κ2) is 6.02. The standard InChI is InChI=1S/C12H12N4OS/c13-11(18)10-4-7-15-16-12(10)17-8-5-9-3-1-2-6-14-9/h1-4,6-7H,5,8H2,(H2,13,18). The molecule has 0 atom stereocenters. The maximum absolute atomic E-state index is 5.57. The molecule has 2 N–H and O–H groups in total. The first-order chi connectivity index (χ1) is 8.77. The van der Waals surface area contributed by atoms with Gasteiger partial charge in [-0.15, -0.1) is 5.10 Å². The van der Waals surface area contributed by atoms with Gasteiger partial charge in [0, 0.05) is 18.3 Å². The van der Waals surface area contributed by atoms with Gasteiger partial charge in [0.1, 0.15) is 4.99 Å². The minimum atomic E-state index is 0.248. The van der Waals surface area contributed by atoms with E-state index >= 15 is 0 Å². The Morgan fingerprint density at radius 2 is 2.17 bits per heavy atom. The van der Waals surface area contributed by atoms with Gasteiger partial charge in [0.2, 0.25) is 5.88 Å². The Kier molecular flexibility index (Phi) is 4.14. The maximum atomic E-state index is 5.57. The molecule has 0 saturated heterocycles. The van der Waals surface area contributed by atoms with Crippen molar-refractivity contribution in [1.82, 2.24) is 15.2 Å². The van der Waals surface area contributed by atoms with E-state index in [9.17, 15) is 0 Å². The van der Waals surface area contributed by atoms with Crippen LogP contribution in [0.4, 0.5) is 0 Å². The van der Waals surface area contributed by atoms with Crippen molar-refractivity contribution in [3.8, 4) is 5.88 Å². The molecule has 0 spiro atoms. The number of nitrogens with zero attached hydrogens (tertiary/aromatic N) is 3. The summed E-state index contributed by atoms with van der Waals surface area (Å²) in [6.07, 6.45) is 3.96. The molecule has 0 unspecified atom stereocenters. The molecular weight excluding hydrogens is 248 g/mol. The van der Waals surface area contributed by atoms with Gasteiger partial charge in [-0.05, 0) is 18.2 Å². The van der Waals surface area contributed by atoms with Crippen molar-refractivity contribution in [1.29, 1.82) is 0 Å². The topological polar surface area (TPSA) is 73.9 Å². The van der Waals surface area contributed by atoms with Gasteiger partial charge in [-0.25, -0.2) is 0 Å². The Morgan fingerprint density at radius 3 is 2.89 bits per heavy atom. The zero-order valence-corrected chi connectivity index (χ0v) is 10.4. The number of rotatable bonds is 5. The predicted octanol–water partition coefficient (Wildman–Crippen LogP) is 1.13. The van der Waals surface area contributed by atoms with Crippen LogP contribution in [-0.2, 0) is 6.42 Å². The lowest BCUT2D eigenvalue weighted by Crippen LogP contribution is -2.14. The Hall–Kier alpha value is -2.08. The summed E-state index contributed by atoms with van der Waals surface area (Å²) in [6, 6.07) is 7.43.